The molecule has 0 aliphatic heterocycles. The molecule has 0 spiro atoms. The zero-order chi connectivity index (χ0) is 13.3. The number of hydrogen-bond acceptors (Lipinski definition) is 2. The van der Waals surface area contributed by atoms with Crippen molar-refractivity contribution < 1.29 is 4.39 Å². The van der Waals surface area contributed by atoms with Crippen molar-refractivity contribution in [2.24, 2.45) is 0 Å². The molecule has 0 radical (unpaired) electrons. The average Bonchev–Trinajstić information content (AvgIpc) is 2.60. The molecule has 0 aliphatic rings. The molecule has 2 aromatic rings. The molecule has 0 aliphatic carbocycles. The van der Waals surface area contributed by atoms with Gasteiger partial charge in [-0.2, -0.15) is 5.10 Å². The van der Waals surface area contributed by atoms with E-state index in [4.69, 9.17) is 5.73 Å². The molecule has 2 rings (SSSR count). The minimum Gasteiger partial charge on any atom is -0.396 e. The van der Waals surface area contributed by atoms with Gasteiger partial charge in [0.2, 0.25) is 0 Å². The Morgan fingerprint density at radius 3 is 2.72 bits per heavy atom. The summed E-state index contributed by atoms with van der Waals surface area (Å²) in [6, 6.07) is 4.89. The van der Waals surface area contributed by atoms with Crippen LogP contribution >= 0.6 is 0 Å². The van der Waals surface area contributed by atoms with Gasteiger partial charge in [-0.25, -0.2) is 4.39 Å². The molecule has 0 bridgehead atoms. The molecule has 0 fully saturated rings. The number of rotatable bonds is 3. The summed E-state index contributed by atoms with van der Waals surface area (Å²) >= 11 is 0. The molecular formula is C14H18FN3. The summed E-state index contributed by atoms with van der Waals surface area (Å²) in [6.07, 6.45) is 1.01. The Morgan fingerprint density at radius 2 is 2.06 bits per heavy atom. The SMILES string of the molecule is CCCn1nc(C)c(-c2cccc(F)c2N)c1C. The maximum Gasteiger partial charge on any atom is 0.146 e. The van der Waals surface area contributed by atoms with Crippen LogP contribution in [0.1, 0.15) is 24.7 Å². The number of para-hydroxylation sites is 1. The molecule has 1 aromatic heterocycles. The first kappa shape index (κ1) is 12.6. The van der Waals surface area contributed by atoms with Crippen molar-refractivity contribution in [3.63, 3.8) is 0 Å². The predicted octanol–water partition coefficient (Wildman–Crippen LogP) is 3.30. The number of aromatic nitrogens is 2. The molecule has 96 valence electrons. The smallest absolute Gasteiger partial charge is 0.146 e. The topological polar surface area (TPSA) is 43.8 Å². The highest BCUT2D eigenvalue weighted by molar-refractivity contribution is 5.79. The highest BCUT2D eigenvalue weighted by Gasteiger charge is 2.16. The third-order valence-corrected chi connectivity index (χ3v) is 3.14. The normalized spacial score (nSPS) is 10.9. The van der Waals surface area contributed by atoms with Crippen molar-refractivity contribution in [3.05, 3.63) is 35.4 Å². The summed E-state index contributed by atoms with van der Waals surface area (Å²) in [5.74, 6) is -0.380. The van der Waals surface area contributed by atoms with Crippen LogP contribution in [0.15, 0.2) is 18.2 Å². The van der Waals surface area contributed by atoms with Crippen molar-refractivity contribution in [2.75, 3.05) is 5.73 Å². The third kappa shape index (κ3) is 1.98. The summed E-state index contributed by atoms with van der Waals surface area (Å²) < 4.78 is 15.5. The lowest BCUT2D eigenvalue weighted by molar-refractivity contribution is 0.583. The van der Waals surface area contributed by atoms with Gasteiger partial charge in [-0.3, -0.25) is 4.68 Å². The average molecular weight is 247 g/mol. The van der Waals surface area contributed by atoms with Crippen LogP contribution in [0.4, 0.5) is 10.1 Å². The van der Waals surface area contributed by atoms with Gasteiger partial charge >= 0.3 is 0 Å². The molecule has 3 nitrogen and oxygen atoms in total. The first-order valence-corrected chi connectivity index (χ1v) is 6.14. The predicted molar refractivity (Wildman–Crippen MR) is 71.8 cm³/mol. The molecule has 2 N–H and O–H groups in total. The van der Waals surface area contributed by atoms with Crippen LogP contribution in [0.3, 0.4) is 0 Å². The Morgan fingerprint density at radius 1 is 1.33 bits per heavy atom. The van der Waals surface area contributed by atoms with Crippen molar-refractivity contribution in [2.45, 2.75) is 33.7 Å². The monoisotopic (exact) mass is 247 g/mol. The Balaban J connectivity index is 2.60. The van der Waals surface area contributed by atoms with Gasteiger partial charge in [-0.05, 0) is 26.3 Å². The molecule has 0 unspecified atom stereocenters. The van der Waals surface area contributed by atoms with Crippen LogP contribution in [-0.4, -0.2) is 9.78 Å². The highest BCUT2D eigenvalue weighted by atomic mass is 19.1. The van der Waals surface area contributed by atoms with Crippen LogP contribution in [-0.2, 0) is 6.54 Å². The first-order valence-electron chi connectivity index (χ1n) is 6.14. The van der Waals surface area contributed by atoms with Gasteiger partial charge < -0.3 is 5.73 Å². The molecule has 0 atom stereocenters. The van der Waals surface area contributed by atoms with E-state index in [0.717, 1.165) is 35.5 Å². The lowest BCUT2D eigenvalue weighted by Crippen LogP contribution is -2.01. The number of hydrogen-bond donors (Lipinski definition) is 1. The fourth-order valence-corrected chi connectivity index (χ4v) is 2.27. The number of benzene rings is 1. The Bertz CT molecular complexity index is 573. The van der Waals surface area contributed by atoms with Crippen molar-refractivity contribution >= 4 is 5.69 Å². The maximum absolute atomic E-state index is 13.5. The summed E-state index contributed by atoms with van der Waals surface area (Å²) in [5.41, 5.74) is 9.61. The Hall–Kier alpha value is -1.84. The van der Waals surface area contributed by atoms with E-state index >= 15 is 0 Å². The number of nitrogens with zero attached hydrogens (tertiary/aromatic N) is 2. The largest absolute Gasteiger partial charge is 0.396 e. The molecule has 1 aromatic carbocycles. The Kier molecular flexibility index (Phi) is 3.36. The zero-order valence-corrected chi connectivity index (χ0v) is 11.0. The highest BCUT2D eigenvalue weighted by Crippen LogP contribution is 2.32. The Labute approximate surface area is 106 Å². The van der Waals surface area contributed by atoms with Gasteiger partial charge in [0.05, 0.1) is 11.4 Å². The molecule has 18 heavy (non-hydrogen) atoms. The van der Waals surface area contributed by atoms with Gasteiger partial charge in [0, 0.05) is 23.4 Å². The van der Waals surface area contributed by atoms with Crippen molar-refractivity contribution in [3.8, 4) is 11.1 Å². The summed E-state index contributed by atoms with van der Waals surface area (Å²) in [5, 5.41) is 4.49. The van der Waals surface area contributed by atoms with Gasteiger partial charge in [-0.15, -0.1) is 0 Å². The van der Waals surface area contributed by atoms with Crippen LogP contribution in [0.2, 0.25) is 0 Å². The van der Waals surface area contributed by atoms with E-state index in [1.54, 1.807) is 6.07 Å². The second-order valence-corrected chi connectivity index (χ2v) is 4.47. The zero-order valence-electron chi connectivity index (χ0n) is 11.0. The van der Waals surface area contributed by atoms with Crippen molar-refractivity contribution in [1.82, 2.24) is 9.78 Å². The van der Waals surface area contributed by atoms with E-state index in [1.807, 2.05) is 24.6 Å². The molecule has 4 heteroatoms. The van der Waals surface area contributed by atoms with Gasteiger partial charge in [0.15, 0.2) is 0 Å². The van der Waals surface area contributed by atoms with Crippen LogP contribution in [0, 0.1) is 19.7 Å². The van der Waals surface area contributed by atoms with E-state index in [-0.39, 0.29) is 11.5 Å². The summed E-state index contributed by atoms with van der Waals surface area (Å²) in [6.45, 7) is 6.89. The van der Waals surface area contributed by atoms with E-state index in [0.29, 0.717) is 0 Å². The third-order valence-electron chi connectivity index (χ3n) is 3.14. The van der Waals surface area contributed by atoms with Crippen molar-refractivity contribution in [1.29, 1.82) is 0 Å². The van der Waals surface area contributed by atoms with Crippen LogP contribution < -0.4 is 5.73 Å². The van der Waals surface area contributed by atoms with E-state index < -0.39 is 0 Å². The fourth-order valence-electron chi connectivity index (χ4n) is 2.27. The molecular weight excluding hydrogens is 229 g/mol. The lowest BCUT2D eigenvalue weighted by Gasteiger charge is -2.07. The first-order chi connectivity index (χ1) is 8.56. The number of anilines is 1. The molecule has 0 saturated heterocycles. The second-order valence-electron chi connectivity index (χ2n) is 4.47. The lowest BCUT2D eigenvalue weighted by atomic mass is 10.0. The maximum atomic E-state index is 13.5. The number of halogens is 1. The standard InChI is InChI=1S/C14H18FN3/c1-4-8-18-10(3)13(9(2)17-18)11-6-5-7-12(15)14(11)16/h5-7H,4,8,16H2,1-3H3. The van der Waals surface area contributed by atoms with Gasteiger partial charge in [0.1, 0.15) is 5.82 Å². The second kappa shape index (κ2) is 4.80. The number of nitrogens with two attached hydrogens (primary N) is 1. The molecule has 0 saturated carbocycles. The van der Waals surface area contributed by atoms with Gasteiger partial charge in [-0.1, -0.05) is 19.1 Å². The molecule has 0 amide bonds. The molecule has 1 heterocycles. The summed E-state index contributed by atoms with van der Waals surface area (Å²) in [7, 11) is 0. The number of aryl methyl sites for hydroxylation is 2. The van der Waals surface area contributed by atoms with E-state index in [9.17, 15) is 4.39 Å². The quantitative estimate of drug-likeness (QED) is 0.846. The number of nitrogen functional groups attached to an aromatic ring is 1. The van der Waals surface area contributed by atoms with E-state index in [2.05, 4.69) is 12.0 Å². The van der Waals surface area contributed by atoms with Crippen LogP contribution in [0.25, 0.3) is 11.1 Å². The minimum atomic E-state index is -0.380. The van der Waals surface area contributed by atoms with Crippen LogP contribution in [0.5, 0.6) is 0 Å². The fraction of sp³-hybridized carbons (Fsp3) is 0.357. The summed E-state index contributed by atoms with van der Waals surface area (Å²) in [4.78, 5) is 0. The van der Waals surface area contributed by atoms with Gasteiger partial charge in [0.25, 0.3) is 0 Å². The minimum absolute atomic E-state index is 0.194. The van der Waals surface area contributed by atoms with E-state index in [1.165, 1.54) is 6.07 Å².